The van der Waals surface area contributed by atoms with Crippen LogP contribution in [0.15, 0.2) is 55.2 Å². The second kappa shape index (κ2) is 4.77. The molecule has 5 rings (SSSR count). The predicted molar refractivity (Wildman–Crippen MR) is 86.8 cm³/mol. The molecule has 0 radical (unpaired) electrons. The number of aromatic nitrogens is 3. The van der Waals surface area contributed by atoms with Crippen LogP contribution in [0.25, 0.3) is 11.3 Å². The van der Waals surface area contributed by atoms with Gasteiger partial charge in [-0.15, -0.1) is 0 Å². The van der Waals surface area contributed by atoms with E-state index < -0.39 is 6.10 Å². The number of imidazole rings is 1. The van der Waals surface area contributed by atoms with Crippen molar-refractivity contribution in [2.24, 2.45) is 5.92 Å². The third-order valence-corrected chi connectivity index (χ3v) is 5.34. The summed E-state index contributed by atoms with van der Waals surface area (Å²) in [6.45, 7) is 0. The van der Waals surface area contributed by atoms with Crippen molar-refractivity contribution in [3.63, 3.8) is 0 Å². The number of pyridine rings is 1. The Morgan fingerprint density at radius 1 is 1.04 bits per heavy atom. The number of fused-ring (bicyclic) bond motifs is 4. The number of hydrogen-bond acceptors (Lipinski definition) is 3. The number of hydrogen-bond donors (Lipinski definition) is 1. The maximum Gasteiger partial charge on any atom is 0.0956 e. The molecule has 0 amide bonds. The van der Waals surface area contributed by atoms with Crippen LogP contribution in [0.5, 0.6) is 0 Å². The summed E-state index contributed by atoms with van der Waals surface area (Å²) >= 11 is 0. The Balaban J connectivity index is 1.64. The van der Waals surface area contributed by atoms with E-state index in [1.54, 1.807) is 6.20 Å². The molecule has 0 saturated heterocycles. The molecule has 0 spiro atoms. The standard InChI is InChI=1S/C19H17N3O/c23-19-13-7-8-20-9-12(13)5-6-16(19)18-15-4-2-1-3-14(15)17-10-21-11-22(17)18/h1-4,7-11,16,18-19,23H,5-6H2/t16-,18-,19-/m0/s1. The number of aliphatic hydroxyl groups is 1. The summed E-state index contributed by atoms with van der Waals surface area (Å²) in [4.78, 5) is 8.52. The lowest BCUT2D eigenvalue weighted by atomic mass is 9.76. The van der Waals surface area contributed by atoms with Crippen molar-refractivity contribution in [3.05, 3.63) is 71.9 Å². The molecule has 114 valence electrons. The highest BCUT2D eigenvalue weighted by molar-refractivity contribution is 5.69. The van der Waals surface area contributed by atoms with E-state index in [1.165, 1.54) is 16.7 Å². The minimum absolute atomic E-state index is 0.153. The molecular formula is C19H17N3O. The SMILES string of the molecule is O[C@H]1c2ccncc2CC[C@H]1[C@@H]1c2ccccc2-c2cncn21. The summed E-state index contributed by atoms with van der Waals surface area (Å²) in [6, 6.07) is 10.6. The molecule has 0 bridgehead atoms. The van der Waals surface area contributed by atoms with Gasteiger partial charge >= 0.3 is 0 Å². The third-order valence-electron chi connectivity index (χ3n) is 5.34. The molecule has 2 aliphatic rings. The first-order valence-corrected chi connectivity index (χ1v) is 8.06. The maximum absolute atomic E-state index is 11.0. The van der Waals surface area contributed by atoms with Gasteiger partial charge in [0, 0.05) is 23.9 Å². The second-order valence-corrected chi connectivity index (χ2v) is 6.44. The smallest absolute Gasteiger partial charge is 0.0956 e. The lowest BCUT2D eigenvalue weighted by molar-refractivity contribution is 0.0718. The van der Waals surface area contributed by atoms with E-state index in [0.29, 0.717) is 0 Å². The highest BCUT2D eigenvalue weighted by atomic mass is 16.3. The number of benzene rings is 1. The number of aliphatic hydroxyl groups excluding tert-OH is 1. The Bertz CT molecular complexity index is 886. The van der Waals surface area contributed by atoms with E-state index in [2.05, 4.69) is 38.8 Å². The summed E-state index contributed by atoms with van der Waals surface area (Å²) in [7, 11) is 0. The van der Waals surface area contributed by atoms with Crippen LogP contribution in [0.1, 0.15) is 35.3 Å². The van der Waals surface area contributed by atoms with Gasteiger partial charge in [-0.3, -0.25) is 4.98 Å². The number of nitrogens with zero attached hydrogens (tertiary/aromatic N) is 3. The zero-order chi connectivity index (χ0) is 15.4. The molecule has 3 aromatic rings. The average Bonchev–Trinajstić information content (AvgIpc) is 3.17. The van der Waals surface area contributed by atoms with Crippen LogP contribution in [0, 0.1) is 5.92 Å². The Morgan fingerprint density at radius 2 is 1.96 bits per heavy atom. The molecular weight excluding hydrogens is 286 g/mol. The van der Waals surface area contributed by atoms with Crippen LogP contribution in [-0.2, 0) is 6.42 Å². The summed E-state index contributed by atoms with van der Waals surface area (Å²) in [5, 5.41) is 11.0. The lowest BCUT2D eigenvalue weighted by Gasteiger charge is -2.35. The van der Waals surface area contributed by atoms with Crippen LogP contribution in [0.4, 0.5) is 0 Å². The van der Waals surface area contributed by atoms with Crippen molar-refractivity contribution in [2.75, 3.05) is 0 Å². The van der Waals surface area contributed by atoms with E-state index >= 15 is 0 Å². The number of aryl methyl sites for hydroxylation is 1. The molecule has 0 saturated carbocycles. The molecule has 1 aliphatic heterocycles. The maximum atomic E-state index is 11.0. The van der Waals surface area contributed by atoms with Crippen LogP contribution < -0.4 is 0 Å². The first-order chi connectivity index (χ1) is 11.3. The molecule has 0 fully saturated rings. The summed E-state index contributed by atoms with van der Waals surface area (Å²) < 4.78 is 2.23. The first kappa shape index (κ1) is 13.0. The third kappa shape index (κ3) is 1.75. The summed E-state index contributed by atoms with van der Waals surface area (Å²) in [5.41, 5.74) is 5.89. The van der Waals surface area contributed by atoms with E-state index in [1.807, 2.05) is 24.8 Å². The molecule has 1 aromatic carbocycles. The Labute approximate surface area is 134 Å². The van der Waals surface area contributed by atoms with Crippen molar-refractivity contribution in [1.82, 2.24) is 14.5 Å². The van der Waals surface area contributed by atoms with Crippen molar-refractivity contribution in [3.8, 4) is 11.3 Å². The lowest BCUT2D eigenvalue weighted by Crippen LogP contribution is -2.28. The topological polar surface area (TPSA) is 50.9 Å². The fraction of sp³-hybridized carbons (Fsp3) is 0.263. The van der Waals surface area contributed by atoms with Crippen molar-refractivity contribution in [2.45, 2.75) is 25.0 Å². The Kier molecular flexibility index (Phi) is 2.70. The van der Waals surface area contributed by atoms with Crippen molar-refractivity contribution in [1.29, 1.82) is 0 Å². The van der Waals surface area contributed by atoms with Gasteiger partial charge in [0.2, 0.25) is 0 Å². The van der Waals surface area contributed by atoms with E-state index in [0.717, 1.165) is 24.1 Å². The molecule has 4 heteroatoms. The number of rotatable bonds is 1. The van der Waals surface area contributed by atoms with Gasteiger partial charge in [-0.2, -0.15) is 0 Å². The quantitative estimate of drug-likeness (QED) is 0.751. The second-order valence-electron chi connectivity index (χ2n) is 6.44. The van der Waals surface area contributed by atoms with E-state index in [-0.39, 0.29) is 12.0 Å². The largest absolute Gasteiger partial charge is 0.388 e. The summed E-state index contributed by atoms with van der Waals surface area (Å²) in [6.07, 6.45) is 8.94. The predicted octanol–water partition coefficient (Wildman–Crippen LogP) is 3.14. The van der Waals surface area contributed by atoms with Gasteiger partial charge < -0.3 is 9.67 Å². The molecule has 1 N–H and O–H groups in total. The van der Waals surface area contributed by atoms with Gasteiger partial charge in [0.1, 0.15) is 0 Å². The van der Waals surface area contributed by atoms with E-state index in [4.69, 9.17) is 0 Å². The minimum atomic E-state index is -0.465. The molecule has 3 atom stereocenters. The van der Waals surface area contributed by atoms with Crippen molar-refractivity contribution < 1.29 is 5.11 Å². The van der Waals surface area contributed by atoms with Gasteiger partial charge in [-0.05, 0) is 35.6 Å². The van der Waals surface area contributed by atoms with Crippen LogP contribution in [-0.4, -0.2) is 19.6 Å². The van der Waals surface area contributed by atoms with Gasteiger partial charge in [0.25, 0.3) is 0 Å². The van der Waals surface area contributed by atoms with Gasteiger partial charge in [-0.25, -0.2) is 4.98 Å². The molecule has 23 heavy (non-hydrogen) atoms. The van der Waals surface area contributed by atoms with Gasteiger partial charge in [0.15, 0.2) is 0 Å². The normalized spacial score (nSPS) is 24.8. The minimum Gasteiger partial charge on any atom is -0.388 e. The molecule has 0 unspecified atom stereocenters. The highest BCUT2D eigenvalue weighted by Gasteiger charge is 2.40. The highest BCUT2D eigenvalue weighted by Crippen LogP contribution is 2.49. The Hall–Kier alpha value is -2.46. The van der Waals surface area contributed by atoms with Crippen molar-refractivity contribution >= 4 is 0 Å². The average molecular weight is 303 g/mol. The van der Waals surface area contributed by atoms with Crippen LogP contribution in [0.3, 0.4) is 0 Å². The molecule has 2 aromatic heterocycles. The van der Waals surface area contributed by atoms with Gasteiger partial charge in [-0.1, -0.05) is 24.3 Å². The first-order valence-electron chi connectivity index (χ1n) is 8.06. The van der Waals surface area contributed by atoms with Gasteiger partial charge in [0.05, 0.1) is 30.4 Å². The molecule has 3 heterocycles. The fourth-order valence-corrected chi connectivity index (χ4v) is 4.29. The zero-order valence-corrected chi connectivity index (χ0v) is 12.6. The van der Waals surface area contributed by atoms with E-state index in [9.17, 15) is 5.11 Å². The monoisotopic (exact) mass is 303 g/mol. The van der Waals surface area contributed by atoms with Crippen LogP contribution >= 0.6 is 0 Å². The fourth-order valence-electron chi connectivity index (χ4n) is 4.29. The summed E-state index contributed by atoms with van der Waals surface area (Å²) in [5.74, 6) is 0.154. The van der Waals surface area contributed by atoms with Crippen LogP contribution in [0.2, 0.25) is 0 Å². The Morgan fingerprint density at radius 3 is 2.91 bits per heavy atom. The zero-order valence-electron chi connectivity index (χ0n) is 12.6. The molecule has 4 nitrogen and oxygen atoms in total. The molecule has 1 aliphatic carbocycles.